The van der Waals surface area contributed by atoms with Crippen LogP contribution < -0.4 is 16.8 Å². The van der Waals surface area contributed by atoms with E-state index in [1.165, 1.54) is 0 Å². The molecule has 0 spiro atoms. The number of nitrogen functional groups attached to an aromatic ring is 2. The Morgan fingerprint density at radius 2 is 1.23 bits per heavy atom. The summed E-state index contributed by atoms with van der Waals surface area (Å²) in [4.78, 5) is 12.3. The first-order valence-corrected chi connectivity index (χ1v) is 8.32. The van der Waals surface area contributed by atoms with Crippen LogP contribution in [0.4, 0.5) is 17.1 Å². The van der Waals surface area contributed by atoms with Gasteiger partial charge in [0, 0.05) is 22.6 Å². The van der Waals surface area contributed by atoms with E-state index in [0.717, 1.165) is 28.1 Å². The standard InChI is InChI=1S/C22H21N3O/c1-15(22(26)25-21-12-10-20(24)11-13-21)14-16-2-4-17(5-3-16)18-6-8-19(23)9-7-18/h2-14H,23-24H2,1H3,(H,25,26)/b15-14+. The van der Waals surface area contributed by atoms with Crippen LogP contribution in [0.3, 0.4) is 0 Å². The number of hydrogen-bond acceptors (Lipinski definition) is 3. The molecule has 0 aromatic heterocycles. The van der Waals surface area contributed by atoms with Gasteiger partial charge in [-0.1, -0.05) is 36.4 Å². The van der Waals surface area contributed by atoms with Crippen LogP contribution >= 0.6 is 0 Å². The van der Waals surface area contributed by atoms with Gasteiger partial charge in [0.2, 0.25) is 0 Å². The van der Waals surface area contributed by atoms with Crippen molar-refractivity contribution in [1.82, 2.24) is 0 Å². The Bertz CT molecular complexity index is 925. The smallest absolute Gasteiger partial charge is 0.251 e. The van der Waals surface area contributed by atoms with Gasteiger partial charge in [0.05, 0.1) is 0 Å². The summed E-state index contributed by atoms with van der Waals surface area (Å²) in [6.07, 6.45) is 1.86. The fourth-order valence-corrected chi connectivity index (χ4v) is 2.56. The zero-order valence-electron chi connectivity index (χ0n) is 14.6. The molecular formula is C22H21N3O. The maximum atomic E-state index is 12.3. The molecular weight excluding hydrogens is 322 g/mol. The molecule has 0 unspecified atom stereocenters. The molecule has 1 amide bonds. The lowest BCUT2D eigenvalue weighted by Gasteiger charge is -2.07. The maximum Gasteiger partial charge on any atom is 0.251 e. The van der Waals surface area contributed by atoms with E-state index in [4.69, 9.17) is 11.5 Å². The second-order valence-corrected chi connectivity index (χ2v) is 6.15. The van der Waals surface area contributed by atoms with Crippen LogP contribution in [0.1, 0.15) is 12.5 Å². The number of nitrogens with one attached hydrogen (secondary N) is 1. The van der Waals surface area contributed by atoms with E-state index in [1.807, 2.05) is 54.6 Å². The fraction of sp³-hybridized carbons (Fsp3) is 0.0455. The maximum absolute atomic E-state index is 12.3. The van der Waals surface area contributed by atoms with Crippen LogP contribution in [0.2, 0.25) is 0 Å². The third kappa shape index (κ3) is 4.30. The molecule has 5 N–H and O–H groups in total. The van der Waals surface area contributed by atoms with E-state index >= 15 is 0 Å². The molecule has 0 aliphatic carbocycles. The van der Waals surface area contributed by atoms with Crippen molar-refractivity contribution < 1.29 is 4.79 Å². The topological polar surface area (TPSA) is 81.1 Å². The Kier molecular flexibility index (Phi) is 5.04. The normalized spacial score (nSPS) is 11.2. The third-order valence-electron chi connectivity index (χ3n) is 4.06. The summed E-state index contributed by atoms with van der Waals surface area (Å²) >= 11 is 0. The van der Waals surface area contributed by atoms with Gasteiger partial charge >= 0.3 is 0 Å². The molecule has 3 aromatic carbocycles. The van der Waals surface area contributed by atoms with Crippen LogP contribution in [0.15, 0.2) is 78.4 Å². The zero-order chi connectivity index (χ0) is 18.5. The Balaban J connectivity index is 1.71. The van der Waals surface area contributed by atoms with Crippen molar-refractivity contribution in [2.75, 3.05) is 16.8 Å². The summed E-state index contributed by atoms with van der Waals surface area (Å²) in [7, 11) is 0. The first-order chi connectivity index (χ1) is 12.5. The highest BCUT2D eigenvalue weighted by Gasteiger charge is 2.05. The van der Waals surface area contributed by atoms with E-state index in [0.29, 0.717) is 11.3 Å². The minimum absolute atomic E-state index is 0.141. The molecule has 4 nitrogen and oxygen atoms in total. The largest absolute Gasteiger partial charge is 0.399 e. The number of amides is 1. The number of carbonyl (C=O) groups excluding carboxylic acids is 1. The Labute approximate surface area is 153 Å². The minimum Gasteiger partial charge on any atom is -0.399 e. The Hall–Kier alpha value is -3.53. The summed E-state index contributed by atoms with van der Waals surface area (Å²) in [5.41, 5.74) is 17.3. The molecule has 0 atom stereocenters. The van der Waals surface area contributed by atoms with Gasteiger partial charge in [-0.3, -0.25) is 4.79 Å². The third-order valence-corrected chi connectivity index (χ3v) is 4.06. The number of benzene rings is 3. The average molecular weight is 343 g/mol. The van der Waals surface area contributed by atoms with E-state index in [2.05, 4.69) is 5.32 Å². The van der Waals surface area contributed by atoms with Crippen molar-refractivity contribution in [2.24, 2.45) is 0 Å². The molecule has 130 valence electrons. The summed E-state index contributed by atoms with van der Waals surface area (Å²) < 4.78 is 0. The van der Waals surface area contributed by atoms with Crippen LogP contribution in [0, 0.1) is 0 Å². The van der Waals surface area contributed by atoms with E-state index in [9.17, 15) is 4.79 Å². The van der Waals surface area contributed by atoms with Crippen LogP contribution in [0.25, 0.3) is 17.2 Å². The lowest BCUT2D eigenvalue weighted by atomic mass is 10.0. The molecule has 26 heavy (non-hydrogen) atoms. The van der Waals surface area contributed by atoms with Gasteiger partial charge in [0.25, 0.3) is 5.91 Å². The highest BCUT2D eigenvalue weighted by Crippen LogP contribution is 2.22. The van der Waals surface area contributed by atoms with Crippen molar-refractivity contribution in [3.8, 4) is 11.1 Å². The van der Waals surface area contributed by atoms with Crippen molar-refractivity contribution in [3.63, 3.8) is 0 Å². The summed E-state index contributed by atoms with van der Waals surface area (Å²) in [5, 5.41) is 2.86. The van der Waals surface area contributed by atoms with Gasteiger partial charge < -0.3 is 16.8 Å². The van der Waals surface area contributed by atoms with Crippen molar-refractivity contribution >= 4 is 29.0 Å². The number of carbonyl (C=O) groups is 1. The Morgan fingerprint density at radius 1 is 0.769 bits per heavy atom. The van der Waals surface area contributed by atoms with Gasteiger partial charge in [-0.15, -0.1) is 0 Å². The molecule has 0 saturated heterocycles. The first kappa shape index (κ1) is 17.3. The molecule has 0 radical (unpaired) electrons. The zero-order valence-corrected chi connectivity index (χ0v) is 14.6. The molecule has 0 saturated carbocycles. The minimum atomic E-state index is -0.141. The van der Waals surface area contributed by atoms with E-state index < -0.39 is 0 Å². The van der Waals surface area contributed by atoms with Gasteiger partial charge in [0.1, 0.15) is 0 Å². The average Bonchev–Trinajstić information content (AvgIpc) is 2.65. The number of anilines is 3. The predicted molar refractivity (Wildman–Crippen MR) is 109 cm³/mol. The van der Waals surface area contributed by atoms with Crippen molar-refractivity contribution in [1.29, 1.82) is 0 Å². The Morgan fingerprint density at radius 3 is 1.77 bits per heavy atom. The molecule has 0 aliphatic heterocycles. The van der Waals surface area contributed by atoms with E-state index in [1.54, 1.807) is 31.2 Å². The summed E-state index contributed by atoms with van der Waals surface area (Å²) in [6, 6.07) is 22.9. The number of nitrogens with two attached hydrogens (primary N) is 2. The van der Waals surface area contributed by atoms with Gasteiger partial charge in [-0.25, -0.2) is 0 Å². The summed E-state index contributed by atoms with van der Waals surface area (Å²) in [5.74, 6) is -0.141. The highest BCUT2D eigenvalue weighted by molar-refractivity contribution is 6.06. The van der Waals surface area contributed by atoms with Crippen LogP contribution in [-0.2, 0) is 4.79 Å². The molecule has 4 heteroatoms. The highest BCUT2D eigenvalue weighted by atomic mass is 16.1. The molecule has 0 bridgehead atoms. The molecule has 0 heterocycles. The van der Waals surface area contributed by atoms with Gasteiger partial charge in [0.15, 0.2) is 0 Å². The molecule has 3 aromatic rings. The first-order valence-electron chi connectivity index (χ1n) is 8.32. The van der Waals surface area contributed by atoms with Crippen LogP contribution in [-0.4, -0.2) is 5.91 Å². The van der Waals surface area contributed by atoms with Crippen LogP contribution in [0.5, 0.6) is 0 Å². The molecule has 3 rings (SSSR count). The van der Waals surface area contributed by atoms with Crippen molar-refractivity contribution in [2.45, 2.75) is 6.92 Å². The number of rotatable bonds is 4. The monoisotopic (exact) mass is 343 g/mol. The lowest BCUT2D eigenvalue weighted by Crippen LogP contribution is -2.12. The molecule has 0 fully saturated rings. The quantitative estimate of drug-likeness (QED) is 0.480. The number of hydrogen-bond donors (Lipinski definition) is 3. The van der Waals surface area contributed by atoms with E-state index in [-0.39, 0.29) is 5.91 Å². The SMILES string of the molecule is C/C(=C\c1ccc(-c2ccc(N)cc2)cc1)C(=O)Nc1ccc(N)cc1. The van der Waals surface area contributed by atoms with Gasteiger partial charge in [-0.2, -0.15) is 0 Å². The van der Waals surface area contributed by atoms with Gasteiger partial charge in [-0.05, 0) is 66.1 Å². The second-order valence-electron chi connectivity index (χ2n) is 6.15. The lowest BCUT2D eigenvalue weighted by molar-refractivity contribution is -0.112. The van der Waals surface area contributed by atoms with Crippen molar-refractivity contribution in [3.05, 3.63) is 83.9 Å². The predicted octanol–water partition coefficient (Wildman–Crippen LogP) is 4.56. The summed E-state index contributed by atoms with van der Waals surface area (Å²) in [6.45, 7) is 1.79. The fourth-order valence-electron chi connectivity index (χ4n) is 2.56. The second kappa shape index (κ2) is 7.57. The molecule has 0 aliphatic rings.